The van der Waals surface area contributed by atoms with E-state index in [2.05, 4.69) is 0 Å². The Morgan fingerprint density at radius 1 is 0.792 bits per heavy atom. The normalized spacial score (nSPS) is 10.9. The van der Waals surface area contributed by atoms with Crippen LogP contribution in [-0.2, 0) is 23.7 Å². The molecule has 136 valence electrons. The predicted octanol–water partition coefficient (Wildman–Crippen LogP) is 1.29. The summed E-state index contributed by atoms with van der Waals surface area (Å²) < 4.78 is 26.0. The number of rotatable bonds is 15. The number of carbonyl (C=O) groups is 1. The number of hydrogen-bond donors (Lipinski definition) is 1. The van der Waals surface area contributed by atoms with Crippen LogP contribution in [0.2, 0.25) is 0 Å². The summed E-state index contributed by atoms with van der Waals surface area (Å²) in [5.74, 6) is -0.00330. The minimum atomic E-state index is -0.133. The highest BCUT2D eigenvalue weighted by Crippen LogP contribution is 2.10. The molecule has 0 bridgehead atoms. The number of Topliss-reactive ketones (excluding diaryl/α,β-unsaturated/α-hetero) is 1. The summed E-state index contributed by atoms with van der Waals surface area (Å²) >= 11 is 0. The highest BCUT2D eigenvalue weighted by atomic mass is 16.6. The zero-order valence-corrected chi connectivity index (χ0v) is 14.1. The molecule has 0 atom stereocenters. The van der Waals surface area contributed by atoms with E-state index in [-0.39, 0.29) is 18.1 Å². The summed E-state index contributed by atoms with van der Waals surface area (Å²) in [6, 6.07) is 6.07. The van der Waals surface area contributed by atoms with Gasteiger partial charge in [0.1, 0.15) is 12.4 Å². The van der Waals surface area contributed by atoms with Gasteiger partial charge in [-0.1, -0.05) is 0 Å². The Hall–Kier alpha value is -1.51. The molecule has 24 heavy (non-hydrogen) atoms. The lowest BCUT2D eigenvalue weighted by Crippen LogP contribution is -2.15. The Labute approximate surface area is 142 Å². The summed E-state index contributed by atoms with van der Waals surface area (Å²) in [6.07, 6.45) is 0. The third kappa shape index (κ3) is 10.3. The monoisotopic (exact) mass is 342 g/mol. The molecule has 7 nitrogen and oxygen atoms in total. The maximum absolute atomic E-state index is 11.8. The molecule has 0 saturated heterocycles. The molecule has 1 N–H and O–H groups in total. The summed E-state index contributed by atoms with van der Waals surface area (Å²) in [6.45, 7) is 3.88. The molecule has 0 fully saturated rings. The van der Waals surface area contributed by atoms with Gasteiger partial charge in [0.05, 0.1) is 52.9 Å². The van der Waals surface area contributed by atoms with Crippen LogP contribution in [0.3, 0.4) is 0 Å². The van der Waals surface area contributed by atoms with Crippen LogP contribution < -0.4 is 0 Å². The van der Waals surface area contributed by atoms with Crippen molar-refractivity contribution in [1.29, 1.82) is 0 Å². The van der Waals surface area contributed by atoms with Crippen LogP contribution in [0, 0.1) is 0 Å². The molecule has 0 radical (unpaired) electrons. The maximum atomic E-state index is 11.8. The van der Waals surface area contributed by atoms with Crippen molar-refractivity contribution in [3.8, 4) is 5.75 Å². The molecule has 1 aromatic rings. The lowest BCUT2D eigenvalue weighted by molar-refractivity contribution is -0.00679. The number of carbonyl (C=O) groups excluding carboxylic acids is 1. The van der Waals surface area contributed by atoms with Crippen molar-refractivity contribution >= 4 is 5.78 Å². The molecule has 0 aliphatic rings. The van der Waals surface area contributed by atoms with Gasteiger partial charge in [0.2, 0.25) is 0 Å². The van der Waals surface area contributed by atoms with Gasteiger partial charge in [-0.25, -0.2) is 0 Å². The van der Waals surface area contributed by atoms with Crippen LogP contribution in [-0.4, -0.2) is 77.5 Å². The van der Waals surface area contributed by atoms with Gasteiger partial charge in [0.25, 0.3) is 0 Å². The number of phenols is 1. The minimum absolute atomic E-state index is 0.0105. The molecular formula is C17H26O7. The van der Waals surface area contributed by atoms with Crippen molar-refractivity contribution in [1.82, 2.24) is 0 Å². The molecule has 1 aromatic carbocycles. The van der Waals surface area contributed by atoms with Gasteiger partial charge in [-0.2, -0.15) is 0 Å². The average Bonchev–Trinajstić information content (AvgIpc) is 2.59. The number of hydrogen-bond acceptors (Lipinski definition) is 7. The Morgan fingerprint density at radius 3 is 1.75 bits per heavy atom. The van der Waals surface area contributed by atoms with Gasteiger partial charge < -0.3 is 28.8 Å². The molecule has 0 spiro atoms. The first kappa shape index (κ1) is 20.5. The van der Waals surface area contributed by atoms with Crippen molar-refractivity contribution in [2.45, 2.75) is 0 Å². The van der Waals surface area contributed by atoms with Gasteiger partial charge in [-0.05, 0) is 24.3 Å². The third-order valence-electron chi connectivity index (χ3n) is 2.97. The van der Waals surface area contributed by atoms with Crippen LogP contribution in [0.15, 0.2) is 24.3 Å². The zero-order chi connectivity index (χ0) is 17.5. The van der Waals surface area contributed by atoms with Crippen LogP contribution in [0.25, 0.3) is 0 Å². The number of aromatic hydroxyl groups is 1. The van der Waals surface area contributed by atoms with Gasteiger partial charge in [-0.3, -0.25) is 4.79 Å². The molecule has 0 unspecified atom stereocenters. The number of phenolic OH excluding ortho intramolecular Hbond substituents is 1. The van der Waals surface area contributed by atoms with Gasteiger partial charge in [0.15, 0.2) is 5.78 Å². The van der Waals surface area contributed by atoms with E-state index in [9.17, 15) is 4.79 Å². The van der Waals surface area contributed by atoms with Crippen molar-refractivity contribution in [3.63, 3.8) is 0 Å². The summed E-state index contributed by atoms with van der Waals surface area (Å²) in [4.78, 5) is 11.8. The molecule has 0 aromatic heterocycles. The van der Waals surface area contributed by atoms with Crippen molar-refractivity contribution in [2.75, 3.05) is 66.6 Å². The van der Waals surface area contributed by atoms with Crippen LogP contribution in [0.1, 0.15) is 10.4 Å². The highest BCUT2D eigenvalue weighted by molar-refractivity contribution is 5.97. The molecule has 0 saturated carbocycles. The van der Waals surface area contributed by atoms with Crippen molar-refractivity contribution in [3.05, 3.63) is 29.8 Å². The second-order valence-corrected chi connectivity index (χ2v) is 4.85. The Balaban J connectivity index is 1.87. The summed E-state index contributed by atoms with van der Waals surface area (Å²) in [7, 11) is 1.63. The molecule has 1 rings (SSSR count). The largest absolute Gasteiger partial charge is 0.508 e. The Morgan fingerprint density at radius 2 is 1.25 bits per heavy atom. The van der Waals surface area contributed by atoms with E-state index in [4.69, 9.17) is 28.8 Å². The Bertz CT molecular complexity index is 433. The molecular weight excluding hydrogens is 316 g/mol. The number of methoxy groups -OCH3 is 1. The van der Waals surface area contributed by atoms with Crippen molar-refractivity contribution in [2.24, 2.45) is 0 Å². The summed E-state index contributed by atoms with van der Waals surface area (Å²) in [5.41, 5.74) is 0.509. The van der Waals surface area contributed by atoms with E-state index < -0.39 is 0 Å². The fourth-order valence-electron chi connectivity index (χ4n) is 1.70. The van der Waals surface area contributed by atoms with Crippen LogP contribution >= 0.6 is 0 Å². The number of benzene rings is 1. The molecule has 7 heteroatoms. The lowest BCUT2D eigenvalue weighted by Gasteiger charge is -2.07. The highest BCUT2D eigenvalue weighted by Gasteiger charge is 2.05. The predicted molar refractivity (Wildman–Crippen MR) is 87.6 cm³/mol. The topological polar surface area (TPSA) is 83.5 Å². The number of ketones is 1. The molecule has 0 aliphatic carbocycles. The quantitative estimate of drug-likeness (QED) is 0.380. The van der Waals surface area contributed by atoms with Gasteiger partial charge in [0, 0.05) is 12.7 Å². The van der Waals surface area contributed by atoms with Gasteiger partial charge >= 0.3 is 0 Å². The third-order valence-corrected chi connectivity index (χ3v) is 2.97. The number of ether oxygens (including phenoxy) is 5. The van der Waals surface area contributed by atoms with E-state index >= 15 is 0 Å². The first-order valence-corrected chi connectivity index (χ1v) is 7.86. The van der Waals surface area contributed by atoms with E-state index in [0.717, 1.165) is 0 Å². The van der Waals surface area contributed by atoms with Gasteiger partial charge in [-0.15, -0.1) is 0 Å². The van der Waals surface area contributed by atoms with Crippen LogP contribution in [0.4, 0.5) is 0 Å². The Kier molecular flexibility index (Phi) is 11.9. The van der Waals surface area contributed by atoms with E-state index in [0.29, 0.717) is 58.4 Å². The smallest absolute Gasteiger partial charge is 0.188 e. The van der Waals surface area contributed by atoms with Crippen molar-refractivity contribution < 1.29 is 33.6 Å². The molecule has 0 amide bonds. The van der Waals surface area contributed by atoms with E-state index in [1.54, 1.807) is 19.2 Å². The average molecular weight is 342 g/mol. The zero-order valence-electron chi connectivity index (χ0n) is 14.1. The lowest BCUT2D eigenvalue weighted by atomic mass is 10.1. The molecule has 0 aliphatic heterocycles. The SMILES string of the molecule is COCCOCCOCCOCCOCC(=O)c1ccc(O)cc1. The van der Waals surface area contributed by atoms with E-state index in [1.807, 2.05) is 0 Å². The fraction of sp³-hybridized carbons (Fsp3) is 0.588. The fourth-order valence-corrected chi connectivity index (χ4v) is 1.70. The maximum Gasteiger partial charge on any atom is 0.188 e. The second kappa shape index (κ2) is 13.9. The van der Waals surface area contributed by atoms with E-state index in [1.165, 1.54) is 12.1 Å². The first-order valence-electron chi connectivity index (χ1n) is 7.86. The standard InChI is InChI=1S/C17H26O7/c1-20-6-7-21-8-9-22-10-11-23-12-13-24-14-17(19)15-2-4-16(18)5-3-15/h2-5,18H,6-14H2,1H3. The summed E-state index contributed by atoms with van der Waals surface area (Å²) in [5, 5.41) is 9.16. The second-order valence-electron chi connectivity index (χ2n) is 4.85. The molecule has 0 heterocycles. The minimum Gasteiger partial charge on any atom is -0.508 e. The first-order chi connectivity index (χ1) is 11.7. The van der Waals surface area contributed by atoms with Crippen LogP contribution in [0.5, 0.6) is 5.75 Å².